The van der Waals surface area contributed by atoms with Gasteiger partial charge < -0.3 is 14.6 Å². The van der Waals surface area contributed by atoms with Crippen LogP contribution in [0.3, 0.4) is 0 Å². The van der Waals surface area contributed by atoms with Crippen LogP contribution in [0.2, 0.25) is 0 Å². The second-order valence-corrected chi connectivity index (χ2v) is 1.93. The van der Waals surface area contributed by atoms with E-state index in [1.165, 1.54) is 0 Å². The fraction of sp³-hybridized carbons (Fsp3) is 0.857. The van der Waals surface area contributed by atoms with Gasteiger partial charge in [-0.25, -0.2) is 4.79 Å². The molecule has 0 aromatic heterocycles. The van der Waals surface area contributed by atoms with Gasteiger partial charge in [0.2, 0.25) is 0 Å². The standard InChI is InChI=1S/C7H14O4/c1-2-11-7(9)6-10-5-3-4-8/h8H,2-6H2,1H3. The number of aliphatic hydroxyl groups excluding tert-OH is 1. The van der Waals surface area contributed by atoms with Crippen LogP contribution in [0.4, 0.5) is 0 Å². The molecule has 0 aliphatic rings. The van der Waals surface area contributed by atoms with Crippen LogP contribution in [0.5, 0.6) is 0 Å². The second kappa shape index (κ2) is 7.50. The van der Waals surface area contributed by atoms with Gasteiger partial charge in [0.05, 0.1) is 6.61 Å². The summed E-state index contributed by atoms with van der Waals surface area (Å²) < 4.78 is 9.45. The molecule has 0 radical (unpaired) electrons. The van der Waals surface area contributed by atoms with Gasteiger partial charge in [0.15, 0.2) is 0 Å². The van der Waals surface area contributed by atoms with Gasteiger partial charge in [0.1, 0.15) is 6.61 Å². The fourth-order valence-electron chi connectivity index (χ4n) is 0.525. The molecule has 0 atom stereocenters. The van der Waals surface area contributed by atoms with Crippen molar-refractivity contribution in [1.29, 1.82) is 0 Å². The van der Waals surface area contributed by atoms with Gasteiger partial charge in [-0.3, -0.25) is 0 Å². The highest BCUT2D eigenvalue weighted by atomic mass is 16.6. The van der Waals surface area contributed by atoms with Crippen molar-refractivity contribution in [3.63, 3.8) is 0 Å². The third kappa shape index (κ3) is 7.29. The Morgan fingerprint density at radius 2 is 2.27 bits per heavy atom. The van der Waals surface area contributed by atoms with E-state index in [1.807, 2.05) is 0 Å². The van der Waals surface area contributed by atoms with E-state index in [2.05, 4.69) is 4.74 Å². The number of hydrogen-bond acceptors (Lipinski definition) is 4. The molecule has 0 saturated heterocycles. The van der Waals surface area contributed by atoms with Crippen LogP contribution < -0.4 is 0 Å². The molecule has 0 aromatic rings. The van der Waals surface area contributed by atoms with Gasteiger partial charge in [-0.15, -0.1) is 0 Å². The van der Waals surface area contributed by atoms with Crippen LogP contribution in [0.1, 0.15) is 13.3 Å². The minimum atomic E-state index is -0.356. The van der Waals surface area contributed by atoms with E-state index in [0.29, 0.717) is 19.6 Å². The van der Waals surface area contributed by atoms with Gasteiger partial charge in [0.25, 0.3) is 0 Å². The van der Waals surface area contributed by atoms with Crippen LogP contribution in [-0.2, 0) is 14.3 Å². The summed E-state index contributed by atoms with van der Waals surface area (Å²) in [5.41, 5.74) is 0. The maximum absolute atomic E-state index is 10.6. The van der Waals surface area contributed by atoms with Gasteiger partial charge in [-0.2, -0.15) is 0 Å². The maximum Gasteiger partial charge on any atom is 0.332 e. The molecular weight excluding hydrogens is 148 g/mol. The predicted molar refractivity (Wildman–Crippen MR) is 39.2 cm³/mol. The summed E-state index contributed by atoms with van der Waals surface area (Å²) >= 11 is 0. The number of esters is 1. The van der Waals surface area contributed by atoms with Crippen LogP contribution >= 0.6 is 0 Å². The number of carbonyl (C=O) groups excluding carboxylic acids is 1. The zero-order valence-electron chi connectivity index (χ0n) is 6.71. The van der Waals surface area contributed by atoms with E-state index in [0.717, 1.165) is 0 Å². The van der Waals surface area contributed by atoms with Crippen LogP contribution in [0.25, 0.3) is 0 Å². The lowest BCUT2D eigenvalue weighted by Gasteiger charge is -2.01. The lowest BCUT2D eigenvalue weighted by Crippen LogP contribution is -2.13. The third-order valence-electron chi connectivity index (χ3n) is 0.972. The Bertz CT molecular complexity index is 103. The SMILES string of the molecule is CCOC(=O)COCCCO. The summed E-state index contributed by atoms with van der Waals surface area (Å²) in [7, 11) is 0. The van der Waals surface area contributed by atoms with Crippen LogP contribution in [-0.4, -0.2) is 37.5 Å². The minimum absolute atomic E-state index is 0.0200. The van der Waals surface area contributed by atoms with Crippen molar-refractivity contribution in [2.24, 2.45) is 0 Å². The Morgan fingerprint density at radius 1 is 1.55 bits per heavy atom. The molecule has 4 nitrogen and oxygen atoms in total. The molecule has 66 valence electrons. The molecule has 11 heavy (non-hydrogen) atoms. The average Bonchev–Trinajstić information content (AvgIpc) is 1.99. The average molecular weight is 162 g/mol. The first kappa shape index (κ1) is 10.4. The summed E-state index contributed by atoms with van der Waals surface area (Å²) in [5.74, 6) is -0.356. The molecule has 0 aliphatic heterocycles. The fourth-order valence-corrected chi connectivity index (χ4v) is 0.525. The molecular formula is C7H14O4. The van der Waals surface area contributed by atoms with Crippen LogP contribution in [0.15, 0.2) is 0 Å². The number of carbonyl (C=O) groups is 1. The molecule has 4 heteroatoms. The van der Waals surface area contributed by atoms with Crippen molar-refractivity contribution in [3.05, 3.63) is 0 Å². The van der Waals surface area contributed by atoms with Crippen molar-refractivity contribution >= 4 is 5.97 Å². The van der Waals surface area contributed by atoms with Crippen molar-refractivity contribution in [2.75, 3.05) is 26.4 Å². The molecule has 1 N–H and O–H groups in total. The van der Waals surface area contributed by atoms with Crippen molar-refractivity contribution in [2.45, 2.75) is 13.3 Å². The van der Waals surface area contributed by atoms with E-state index < -0.39 is 0 Å². The van der Waals surface area contributed by atoms with Crippen molar-refractivity contribution < 1.29 is 19.4 Å². The quantitative estimate of drug-likeness (QED) is 0.439. The summed E-state index contributed by atoms with van der Waals surface area (Å²) in [5, 5.41) is 8.34. The molecule has 0 heterocycles. The third-order valence-corrected chi connectivity index (χ3v) is 0.972. The molecule has 0 bridgehead atoms. The second-order valence-electron chi connectivity index (χ2n) is 1.93. The lowest BCUT2D eigenvalue weighted by molar-refractivity contribution is -0.148. The number of rotatable bonds is 6. The molecule has 0 saturated carbocycles. The van der Waals surface area contributed by atoms with Crippen molar-refractivity contribution in [1.82, 2.24) is 0 Å². The molecule has 0 fully saturated rings. The summed E-state index contributed by atoms with van der Waals surface area (Å²) in [6.07, 6.45) is 0.555. The molecule has 0 aliphatic carbocycles. The maximum atomic E-state index is 10.6. The van der Waals surface area contributed by atoms with Gasteiger partial charge in [0, 0.05) is 13.2 Å². The minimum Gasteiger partial charge on any atom is -0.464 e. The Morgan fingerprint density at radius 3 is 2.82 bits per heavy atom. The summed E-state index contributed by atoms with van der Waals surface area (Å²) in [4.78, 5) is 10.6. The van der Waals surface area contributed by atoms with E-state index >= 15 is 0 Å². The van der Waals surface area contributed by atoms with E-state index in [4.69, 9.17) is 9.84 Å². The Labute approximate surface area is 66.1 Å². The van der Waals surface area contributed by atoms with Crippen LogP contribution in [0, 0.1) is 0 Å². The predicted octanol–water partition coefficient (Wildman–Crippen LogP) is -0.0515. The van der Waals surface area contributed by atoms with Gasteiger partial charge >= 0.3 is 5.97 Å². The van der Waals surface area contributed by atoms with Gasteiger partial charge in [-0.05, 0) is 13.3 Å². The van der Waals surface area contributed by atoms with Gasteiger partial charge in [-0.1, -0.05) is 0 Å². The summed E-state index contributed by atoms with van der Waals surface area (Å²) in [6, 6.07) is 0. The molecule has 0 spiro atoms. The topological polar surface area (TPSA) is 55.8 Å². The smallest absolute Gasteiger partial charge is 0.332 e. The Balaban J connectivity index is 3.04. The molecule has 0 amide bonds. The highest BCUT2D eigenvalue weighted by molar-refractivity contribution is 5.70. The summed E-state index contributed by atoms with van der Waals surface area (Å²) in [6.45, 7) is 2.58. The number of aliphatic hydroxyl groups is 1. The Hall–Kier alpha value is -0.610. The zero-order valence-corrected chi connectivity index (χ0v) is 6.71. The normalized spacial score (nSPS) is 9.64. The van der Waals surface area contributed by atoms with E-state index in [-0.39, 0.29) is 19.2 Å². The monoisotopic (exact) mass is 162 g/mol. The highest BCUT2D eigenvalue weighted by Crippen LogP contribution is 1.83. The first-order valence-electron chi connectivity index (χ1n) is 3.65. The first-order chi connectivity index (χ1) is 5.31. The molecule has 0 rings (SSSR count). The number of ether oxygens (including phenoxy) is 2. The Kier molecular flexibility index (Phi) is 7.08. The van der Waals surface area contributed by atoms with E-state index in [9.17, 15) is 4.79 Å². The van der Waals surface area contributed by atoms with Crippen molar-refractivity contribution in [3.8, 4) is 0 Å². The largest absolute Gasteiger partial charge is 0.464 e. The van der Waals surface area contributed by atoms with E-state index in [1.54, 1.807) is 6.92 Å². The molecule has 0 unspecified atom stereocenters. The molecule has 0 aromatic carbocycles. The number of hydrogen-bond donors (Lipinski definition) is 1. The first-order valence-corrected chi connectivity index (χ1v) is 3.65. The lowest BCUT2D eigenvalue weighted by atomic mass is 10.5. The zero-order chi connectivity index (χ0) is 8.53. The highest BCUT2D eigenvalue weighted by Gasteiger charge is 1.99.